The van der Waals surface area contributed by atoms with Crippen molar-refractivity contribution >= 4 is 41.3 Å². The molecular weight excluding hydrogens is 348 g/mol. The molecule has 2 aromatic rings. The molecule has 0 amide bonds. The summed E-state index contributed by atoms with van der Waals surface area (Å²) in [6.45, 7) is 3.09. The first-order valence-corrected chi connectivity index (χ1v) is 9.51. The van der Waals surface area contributed by atoms with Crippen LogP contribution in [0.1, 0.15) is 0 Å². The van der Waals surface area contributed by atoms with Gasteiger partial charge in [0.2, 0.25) is 5.75 Å². The topological polar surface area (TPSA) is 69.4 Å². The standard InChI is InChI=1S/C14H12Cl2NO4P/c1-22(2,20)10-4-6-14(12(8-10)17(18)19)21-13-5-3-9(15)7-11(13)16/h3-8H,1-2H3. The number of benzene rings is 2. The minimum atomic E-state index is -2.61. The van der Waals surface area contributed by atoms with Crippen molar-refractivity contribution in [3.05, 3.63) is 56.6 Å². The van der Waals surface area contributed by atoms with Gasteiger partial charge in [-0.05, 0) is 43.7 Å². The minimum Gasteiger partial charge on any atom is -0.449 e. The zero-order chi connectivity index (χ0) is 16.5. The van der Waals surface area contributed by atoms with Crippen LogP contribution in [-0.4, -0.2) is 18.3 Å². The van der Waals surface area contributed by atoms with Gasteiger partial charge in [-0.25, -0.2) is 0 Å². The third-order valence-electron chi connectivity index (χ3n) is 2.87. The summed E-state index contributed by atoms with van der Waals surface area (Å²) in [5, 5.41) is 12.3. The summed E-state index contributed by atoms with van der Waals surface area (Å²) in [5.41, 5.74) is -0.271. The Balaban J connectivity index is 2.47. The second kappa shape index (κ2) is 6.29. The van der Waals surface area contributed by atoms with E-state index >= 15 is 0 Å². The lowest BCUT2D eigenvalue weighted by Gasteiger charge is -2.11. The molecule has 0 fully saturated rings. The van der Waals surface area contributed by atoms with E-state index in [9.17, 15) is 14.7 Å². The number of hydrogen-bond donors (Lipinski definition) is 0. The maximum atomic E-state index is 12.1. The monoisotopic (exact) mass is 359 g/mol. The molecule has 0 radical (unpaired) electrons. The molecule has 0 saturated heterocycles. The molecule has 0 heterocycles. The molecule has 0 unspecified atom stereocenters. The van der Waals surface area contributed by atoms with E-state index in [4.69, 9.17) is 27.9 Å². The average molecular weight is 360 g/mol. The summed E-state index contributed by atoms with van der Waals surface area (Å²) in [5.74, 6) is 0.268. The fourth-order valence-electron chi connectivity index (χ4n) is 1.75. The SMILES string of the molecule is CP(C)(=O)c1ccc(Oc2ccc(Cl)cc2Cl)c([N+](=O)[O-])c1. The van der Waals surface area contributed by atoms with Gasteiger partial charge in [0.25, 0.3) is 0 Å². The van der Waals surface area contributed by atoms with Crippen molar-refractivity contribution in [2.24, 2.45) is 0 Å². The van der Waals surface area contributed by atoms with Crippen molar-refractivity contribution in [3.8, 4) is 11.5 Å². The molecular formula is C14H12Cl2NO4P. The summed E-state index contributed by atoms with van der Waals surface area (Å²) in [7, 11) is -2.61. The highest BCUT2D eigenvalue weighted by atomic mass is 35.5. The molecule has 116 valence electrons. The molecule has 0 bridgehead atoms. The van der Waals surface area contributed by atoms with Crippen LogP contribution in [0.25, 0.3) is 0 Å². The highest BCUT2D eigenvalue weighted by molar-refractivity contribution is 7.70. The molecule has 0 atom stereocenters. The van der Waals surface area contributed by atoms with E-state index in [0.29, 0.717) is 10.3 Å². The van der Waals surface area contributed by atoms with Crippen molar-refractivity contribution in [2.75, 3.05) is 13.3 Å². The van der Waals surface area contributed by atoms with Gasteiger partial charge in [-0.1, -0.05) is 23.2 Å². The van der Waals surface area contributed by atoms with Gasteiger partial charge in [0.15, 0.2) is 0 Å². The van der Waals surface area contributed by atoms with Crippen LogP contribution in [0.3, 0.4) is 0 Å². The summed E-state index contributed by atoms with van der Waals surface area (Å²) >= 11 is 11.8. The predicted octanol–water partition coefficient (Wildman–Crippen LogP) is 4.94. The Bertz CT molecular complexity index is 788. The van der Waals surface area contributed by atoms with Gasteiger partial charge in [0.1, 0.15) is 12.9 Å². The smallest absolute Gasteiger partial charge is 0.312 e. The van der Waals surface area contributed by atoms with E-state index in [0.717, 1.165) is 0 Å². The zero-order valence-corrected chi connectivity index (χ0v) is 14.2. The molecule has 8 heteroatoms. The number of nitro benzene ring substituents is 1. The Labute approximate surface area is 137 Å². The second-order valence-electron chi connectivity index (χ2n) is 4.94. The van der Waals surface area contributed by atoms with E-state index in [1.54, 1.807) is 25.5 Å². The first-order chi connectivity index (χ1) is 10.2. The molecule has 0 aliphatic heterocycles. The Morgan fingerprint density at radius 2 is 1.73 bits per heavy atom. The quantitative estimate of drug-likeness (QED) is 0.440. The number of rotatable bonds is 4. The molecule has 0 aliphatic carbocycles. The molecule has 2 rings (SSSR count). The van der Waals surface area contributed by atoms with Gasteiger partial charge >= 0.3 is 5.69 Å². The number of nitro groups is 1. The van der Waals surface area contributed by atoms with Gasteiger partial charge < -0.3 is 9.30 Å². The number of ether oxygens (including phenoxy) is 1. The molecule has 0 aliphatic rings. The highest BCUT2D eigenvalue weighted by Gasteiger charge is 2.22. The number of halogens is 2. The van der Waals surface area contributed by atoms with E-state index < -0.39 is 12.1 Å². The van der Waals surface area contributed by atoms with Crippen LogP contribution in [0, 0.1) is 10.1 Å². The summed E-state index contributed by atoms with van der Waals surface area (Å²) in [6, 6.07) is 8.79. The fourth-order valence-corrected chi connectivity index (χ4v) is 3.06. The second-order valence-corrected chi connectivity index (χ2v) is 9.00. The lowest BCUT2D eigenvalue weighted by Crippen LogP contribution is -2.05. The zero-order valence-electron chi connectivity index (χ0n) is 11.7. The Kier molecular flexibility index (Phi) is 4.81. The normalized spacial score (nSPS) is 11.3. The molecule has 0 saturated carbocycles. The molecule has 5 nitrogen and oxygen atoms in total. The molecule has 22 heavy (non-hydrogen) atoms. The van der Waals surface area contributed by atoms with Crippen molar-refractivity contribution in [3.63, 3.8) is 0 Å². The van der Waals surface area contributed by atoms with Crippen molar-refractivity contribution in [2.45, 2.75) is 0 Å². The van der Waals surface area contributed by atoms with Crippen LogP contribution in [0.4, 0.5) is 5.69 Å². The van der Waals surface area contributed by atoms with Crippen molar-refractivity contribution in [1.29, 1.82) is 0 Å². The van der Waals surface area contributed by atoms with E-state index in [1.807, 2.05) is 0 Å². The Hall–Kier alpha value is -1.55. The van der Waals surface area contributed by atoms with E-state index in [1.165, 1.54) is 24.3 Å². The van der Waals surface area contributed by atoms with Crippen LogP contribution < -0.4 is 10.0 Å². The van der Waals surface area contributed by atoms with E-state index in [2.05, 4.69) is 0 Å². The van der Waals surface area contributed by atoms with Crippen LogP contribution in [0.2, 0.25) is 10.0 Å². The predicted molar refractivity (Wildman–Crippen MR) is 88.7 cm³/mol. The van der Waals surface area contributed by atoms with E-state index in [-0.39, 0.29) is 22.2 Å². The van der Waals surface area contributed by atoms with Crippen molar-refractivity contribution in [1.82, 2.24) is 0 Å². The third-order valence-corrected chi connectivity index (χ3v) is 4.93. The molecule has 0 spiro atoms. The lowest BCUT2D eigenvalue weighted by atomic mass is 10.3. The summed E-state index contributed by atoms with van der Waals surface area (Å²) in [6.07, 6.45) is 0. The number of nitrogens with zero attached hydrogens (tertiary/aromatic N) is 1. The van der Waals surface area contributed by atoms with Gasteiger partial charge in [-0.2, -0.15) is 0 Å². The molecule has 0 N–H and O–H groups in total. The molecule has 0 aromatic heterocycles. The first-order valence-electron chi connectivity index (χ1n) is 6.15. The van der Waals surface area contributed by atoms with Gasteiger partial charge in [0.05, 0.1) is 9.95 Å². The van der Waals surface area contributed by atoms with Crippen LogP contribution in [0.5, 0.6) is 11.5 Å². The van der Waals surface area contributed by atoms with Crippen molar-refractivity contribution < 1.29 is 14.2 Å². The van der Waals surface area contributed by atoms with Crippen LogP contribution >= 0.6 is 30.3 Å². The average Bonchev–Trinajstić information content (AvgIpc) is 2.40. The van der Waals surface area contributed by atoms with Crippen LogP contribution in [0.15, 0.2) is 36.4 Å². The fraction of sp³-hybridized carbons (Fsp3) is 0.143. The first kappa shape index (κ1) is 16.8. The summed E-state index contributed by atoms with van der Waals surface area (Å²) < 4.78 is 17.6. The van der Waals surface area contributed by atoms with Gasteiger partial charge in [0, 0.05) is 16.4 Å². The number of hydrogen-bond acceptors (Lipinski definition) is 4. The van der Waals surface area contributed by atoms with Gasteiger partial charge in [-0.3, -0.25) is 10.1 Å². The maximum Gasteiger partial charge on any atom is 0.312 e. The highest BCUT2D eigenvalue weighted by Crippen LogP contribution is 2.40. The van der Waals surface area contributed by atoms with Crippen LogP contribution in [-0.2, 0) is 4.57 Å². The largest absolute Gasteiger partial charge is 0.449 e. The third kappa shape index (κ3) is 3.80. The summed E-state index contributed by atoms with van der Waals surface area (Å²) in [4.78, 5) is 10.6. The Morgan fingerprint density at radius 3 is 2.27 bits per heavy atom. The maximum absolute atomic E-state index is 12.1. The Morgan fingerprint density at radius 1 is 1.09 bits per heavy atom. The lowest BCUT2D eigenvalue weighted by molar-refractivity contribution is -0.385. The molecule has 2 aromatic carbocycles. The van der Waals surface area contributed by atoms with Gasteiger partial charge in [-0.15, -0.1) is 0 Å². The minimum absolute atomic E-state index is 0.0198.